The molecular formula is C11H15N5O3. The predicted molar refractivity (Wildman–Crippen MR) is 66.5 cm³/mol. The first-order valence-corrected chi connectivity index (χ1v) is 5.97. The Labute approximate surface area is 109 Å². The Bertz CT molecular complexity index is 563. The van der Waals surface area contributed by atoms with Crippen LogP contribution in [0.25, 0.3) is 0 Å². The van der Waals surface area contributed by atoms with Crippen molar-refractivity contribution in [2.24, 2.45) is 11.5 Å². The minimum Gasteiger partial charge on any atom is -0.364 e. The molecule has 0 spiro atoms. The molecule has 0 saturated carbocycles. The predicted octanol–water partition coefficient (Wildman–Crippen LogP) is -0.772. The highest BCUT2D eigenvalue weighted by molar-refractivity contribution is 6.05. The molecular weight excluding hydrogens is 250 g/mol. The number of amides is 3. The lowest BCUT2D eigenvalue weighted by Crippen LogP contribution is -2.28. The highest BCUT2D eigenvalue weighted by atomic mass is 16.2. The maximum absolute atomic E-state index is 11.7. The molecule has 1 aromatic rings. The maximum Gasteiger partial charge on any atom is 0.269 e. The van der Waals surface area contributed by atoms with Crippen LogP contribution in [-0.4, -0.2) is 33.8 Å². The molecule has 1 aromatic heterocycles. The Morgan fingerprint density at radius 1 is 1.32 bits per heavy atom. The number of nitrogens with zero attached hydrogens (tertiary/aromatic N) is 3. The van der Waals surface area contributed by atoms with E-state index < -0.39 is 11.8 Å². The van der Waals surface area contributed by atoms with Crippen LogP contribution in [0.3, 0.4) is 0 Å². The summed E-state index contributed by atoms with van der Waals surface area (Å²) in [5, 5.41) is 0. The molecule has 8 nitrogen and oxygen atoms in total. The van der Waals surface area contributed by atoms with Gasteiger partial charge in [-0.1, -0.05) is 0 Å². The Balaban J connectivity index is 2.61. The Hall–Kier alpha value is -2.38. The van der Waals surface area contributed by atoms with Crippen LogP contribution in [0.1, 0.15) is 40.7 Å². The van der Waals surface area contributed by atoms with Crippen molar-refractivity contribution in [2.75, 3.05) is 11.4 Å². The monoisotopic (exact) mass is 265 g/mol. The number of rotatable bonds is 4. The van der Waals surface area contributed by atoms with Gasteiger partial charge >= 0.3 is 0 Å². The van der Waals surface area contributed by atoms with E-state index in [1.807, 2.05) is 0 Å². The molecule has 2 rings (SSSR count). The van der Waals surface area contributed by atoms with Crippen molar-refractivity contribution < 1.29 is 14.4 Å². The number of primary amides is 2. The van der Waals surface area contributed by atoms with Gasteiger partial charge in [-0.2, -0.15) is 0 Å². The molecule has 0 unspecified atom stereocenters. The second-order valence-electron chi connectivity index (χ2n) is 4.23. The molecule has 0 aromatic carbocycles. The summed E-state index contributed by atoms with van der Waals surface area (Å²) in [7, 11) is 0. The quantitative estimate of drug-likeness (QED) is 0.741. The molecule has 1 aliphatic rings. The van der Waals surface area contributed by atoms with Gasteiger partial charge in [0.15, 0.2) is 5.69 Å². The van der Waals surface area contributed by atoms with Gasteiger partial charge in [0.05, 0.1) is 0 Å². The fraction of sp³-hybridized carbons (Fsp3) is 0.455. The van der Waals surface area contributed by atoms with Gasteiger partial charge in [-0.25, -0.2) is 4.98 Å². The molecule has 102 valence electrons. The number of aromatic nitrogens is 2. The van der Waals surface area contributed by atoms with Crippen LogP contribution in [0.4, 0.5) is 5.95 Å². The van der Waals surface area contributed by atoms with E-state index >= 15 is 0 Å². The normalized spacial score (nSPS) is 15.0. The van der Waals surface area contributed by atoms with Crippen LogP contribution < -0.4 is 16.4 Å². The third-order valence-corrected chi connectivity index (χ3v) is 3.05. The lowest BCUT2D eigenvalue weighted by Gasteiger charge is -2.16. The number of nitrogens with two attached hydrogens (primary N) is 2. The first-order chi connectivity index (χ1) is 8.97. The van der Waals surface area contributed by atoms with E-state index in [0.717, 1.165) is 0 Å². The average molecular weight is 265 g/mol. The Kier molecular flexibility index (Phi) is 3.24. The standard InChI is InChI=1S/C11H15N5O3/c1-2-15-8(10(13)19)7(9(12)18)14-11(15)16-5-3-4-6(16)17/h2-5H2,1H3,(H2,12,18)(H2,13,19). The number of hydrogen-bond donors (Lipinski definition) is 2. The first-order valence-electron chi connectivity index (χ1n) is 5.97. The first kappa shape index (κ1) is 13.1. The van der Waals surface area contributed by atoms with Gasteiger partial charge < -0.3 is 16.0 Å². The molecule has 1 aliphatic heterocycles. The molecule has 8 heteroatoms. The van der Waals surface area contributed by atoms with E-state index in [0.29, 0.717) is 25.9 Å². The molecule has 0 radical (unpaired) electrons. The van der Waals surface area contributed by atoms with Gasteiger partial charge in [-0.15, -0.1) is 0 Å². The summed E-state index contributed by atoms with van der Waals surface area (Å²) in [5.74, 6) is -1.46. The smallest absolute Gasteiger partial charge is 0.269 e. The van der Waals surface area contributed by atoms with E-state index in [9.17, 15) is 14.4 Å². The topological polar surface area (TPSA) is 124 Å². The minimum atomic E-state index is -0.839. The van der Waals surface area contributed by atoms with Crippen molar-refractivity contribution in [2.45, 2.75) is 26.3 Å². The van der Waals surface area contributed by atoms with Gasteiger partial charge in [0, 0.05) is 19.5 Å². The van der Waals surface area contributed by atoms with Crippen molar-refractivity contribution in [1.82, 2.24) is 9.55 Å². The summed E-state index contributed by atoms with van der Waals surface area (Å²) in [6, 6.07) is 0. The zero-order valence-electron chi connectivity index (χ0n) is 10.5. The van der Waals surface area contributed by atoms with Gasteiger partial charge in [0.1, 0.15) is 5.69 Å². The van der Waals surface area contributed by atoms with Crippen LogP contribution in [0.15, 0.2) is 0 Å². The zero-order chi connectivity index (χ0) is 14.2. The molecule has 0 atom stereocenters. The fourth-order valence-corrected chi connectivity index (χ4v) is 2.23. The minimum absolute atomic E-state index is 0.0512. The highest BCUT2D eigenvalue weighted by Gasteiger charge is 2.31. The van der Waals surface area contributed by atoms with Crippen molar-refractivity contribution >= 4 is 23.7 Å². The summed E-state index contributed by atoms with van der Waals surface area (Å²) in [5.41, 5.74) is 10.2. The van der Waals surface area contributed by atoms with E-state index in [1.54, 1.807) is 6.92 Å². The fourth-order valence-electron chi connectivity index (χ4n) is 2.23. The summed E-state index contributed by atoms with van der Waals surface area (Å²) in [6.45, 7) is 2.63. The summed E-state index contributed by atoms with van der Waals surface area (Å²) >= 11 is 0. The van der Waals surface area contributed by atoms with E-state index in [4.69, 9.17) is 11.5 Å². The second-order valence-corrected chi connectivity index (χ2v) is 4.23. The number of carbonyl (C=O) groups is 3. The Morgan fingerprint density at radius 2 is 2.00 bits per heavy atom. The maximum atomic E-state index is 11.7. The second kappa shape index (κ2) is 4.71. The van der Waals surface area contributed by atoms with Crippen LogP contribution in [0.5, 0.6) is 0 Å². The summed E-state index contributed by atoms with van der Waals surface area (Å²) in [6.07, 6.45) is 1.14. The van der Waals surface area contributed by atoms with Gasteiger partial charge in [-0.3, -0.25) is 19.3 Å². The molecule has 0 bridgehead atoms. The number of anilines is 1. The summed E-state index contributed by atoms with van der Waals surface area (Å²) in [4.78, 5) is 40.0. The van der Waals surface area contributed by atoms with Crippen molar-refractivity contribution in [3.05, 3.63) is 11.4 Å². The van der Waals surface area contributed by atoms with Crippen LogP contribution >= 0.6 is 0 Å². The molecule has 2 heterocycles. The zero-order valence-corrected chi connectivity index (χ0v) is 10.5. The van der Waals surface area contributed by atoms with Crippen LogP contribution in [0.2, 0.25) is 0 Å². The van der Waals surface area contributed by atoms with Crippen molar-refractivity contribution in [1.29, 1.82) is 0 Å². The largest absolute Gasteiger partial charge is 0.364 e. The number of hydrogen-bond acceptors (Lipinski definition) is 4. The molecule has 0 aliphatic carbocycles. The van der Waals surface area contributed by atoms with Gasteiger partial charge in [-0.05, 0) is 13.3 Å². The van der Waals surface area contributed by atoms with Gasteiger partial charge in [0.2, 0.25) is 11.9 Å². The summed E-state index contributed by atoms with van der Waals surface area (Å²) < 4.78 is 1.45. The Morgan fingerprint density at radius 3 is 2.42 bits per heavy atom. The third kappa shape index (κ3) is 2.05. The van der Waals surface area contributed by atoms with E-state index in [2.05, 4.69) is 4.98 Å². The lowest BCUT2D eigenvalue weighted by atomic mass is 10.3. The van der Waals surface area contributed by atoms with Crippen LogP contribution in [-0.2, 0) is 11.3 Å². The van der Waals surface area contributed by atoms with E-state index in [-0.39, 0.29) is 23.2 Å². The third-order valence-electron chi connectivity index (χ3n) is 3.05. The SMILES string of the molecule is CCn1c(N2CCCC2=O)nc(C(N)=O)c1C(N)=O. The van der Waals surface area contributed by atoms with E-state index in [1.165, 1.54) is 9.47 Å². The molecule has 3 amide bonds. The lowest BCUT2D eigenvalue weighted by molar-refractivity contribution is -0.117. The van der Waals surface area contributed by atoms with Crippen molar-refractivity contribution in [3.63, 3.8) is 0 Å². The van der Waals surface area contributed by atoms with Gasteiger partial charge in [0.25, 0.3) is 11.8 Å². The highest BCUT2D eigenvalue weighted by Crippen LogP contribution is 2.24. The number of imidazole rings is 1. The molecule has 1 fully saturated rings. The van der Waals surface area contributed by atoms with Crippen molar-refractivity contribution in [3.8, 4) is 0 Å². The molecule has 19 heavy (non-hydrogen) atoms. The molecule has 4 N–H and O–H groups in total. The van der Waals surface area contributed by atoms with Crippen LogP contribution in [0, 0.1) is 0 Å². The number of carbonyl (C=O) groups excluding carboxylic acids is 3. The molecule has 1 saturated heterocycles. The average Bonchev–Trinajstić information content (AvgIpc) is 2.91.